The molecule has 0 aliphatic carbocycles. The molecule has 1 fully saturated rings. The van der Waals surface area contributed by atoms with Gasteiger partial charge in [0.15, 0.2) is 15.9 Å². The zero-order chi connectivity index (χ0) is 20.7. The van der Waals surface area contributed by atoms with Gasteiger partial charge in [-0.25, -0.2) is 4.52 Å². The van der Waals surface area contributed by atoms with Crippen LogP contribution in [-0.2, 0) is 7.05 Å². The van der Waals surface area contributed by atoms with Gasteiger partial charge in [0, 0.05) is 44.5 Å². The van der Waals surface area contributed by atoms with Gasteiger partial charge in [0.2, 0.25) is 0 Å². The first-order chi connectivity index (χ1) is 14.0. The van der Waals surface area contributed by atoms with Gasteiger partial charge in [0.25, 0.3) is 0 Å². The topological polar surface area (TPSA) is 103 Å². The summed E-state index contributed by atoms with van der Waals surface area (Å²) in [6.45, 7) is 3.96. The molecule has 0 atom stereocenters. The molecule has 146 valence electrons. The number of piperazine rings is 1. The van der Waals surface area contributed by atoms with Crippen molar-refractivity contribution < 1.29 is 0 Å². The second kappa shape index (κ2) is 7.21. The van der Waals surface area contributed by atoms with E-state index < -0.39 is 0 Å². The summed E-state index contributed by atoms with van der Waals surface area (Å²) in [6, 6.07) is 12.2. The highest BCUT2D eigenvalue weighted by atomic mass is 32.1. The van der Waals surface area contributed by atoms with E-state index in [0.717, 1.165) is 37.4 Å². The fourth-order valence-corrected chi connectivity index (χ4v) is 3.96. The van der Waals surface area contributed by atoms with Crippen molar-refractivity contribution in [3.8, 4) is 23.3 Å². The molecule has 2 aromatic heterocycles. The van der Waals surface area contributed by atoms with Crippen LogP contribution in [0.15, 0.2) is 24.3 Å². The summed E-state index contributed by atoms with van der Waals surface area (Å²) in [6.07, 6.45) is 0. The Kier molecular flexibility index (Phi) is 4.71. The largest absolute Gasteiger partial charge is 0.369 e. The number of nitrogens with zero attached hydrogens (tertiary/aromatic N) is 6. The maximum atomic E-state index is 9.90. The van der Waals surface area contributed by atoms with Crippen LogP contribution in [0.5, 0.6) is 0 Å². The third-order valence-corrected chi connectivity index (χ3v) is 5.84. The van der Waals surface area contributed by atoms with Crippen LogP contribution in [0.2, 0.25) is 0 Å². The average Bonchev–Trinajstić information content (AvgIpc) is 3.04. The molecule has 0 unspecified atom stereocenters. The molecule has 1 aliphatic rings. The van der Waals surface area contributed by atoms with Gasteiger partial charge in [0.05, 0.1) is 0 Å². The number of anilines is 1. The molecule has 3 heterocycles. The number of hydrogen-bond donors (Lipinski definition) is 2. The number of nitrogens with one attached hydrogen (secondary N) is 2. The number of aromatic amines is 1. The van der Waals surface area contributed by atoms with Crippen molar-refractivity contribution in [1.29, 1.82) is 15.9 Å². The van der Waals surface area contributed by atoms with E-state index in [0.29, 0.717) is 21.5 Å². The normalized spacial score (nSPS) is 14.7. The first-order valence-corrected chi connectivity index (χ1v) is 9.63. The lowest BCUT2D eigenvalue weighted by Gasteiger charge is -2.34. The fourth-order valence-electron chi connectivity index (χ4n) is 3.79. The molecular weight excluding hydrogens is 384 g/mol. The third kappa shape index (κ3) is 3.01. The molecule has 8 nitrogen and oxygen atoms in total. The molecule has 4 rings (SSSR count). The number of likely N-dealkylation sites (N-methyl/N-ethyl adjacent to an activating group) is 1. The van der Waals surface area contributed by atoms with Crippen molar-refractivity contribution >= 4 is 23.6 Å². The van der Waals surface area contributed by atoms with Crippen LogP contribution in [0.1, 0.15) is 11.1 Å². The number of hydrogen-bond acceptors (Lipinski definition) is 6. The van der Waals surface area contributed by atoms with E-state index in [-0.39, 0.29) is 11.1 Å². The highest BCUT2D eigenvalue weighted by Crippen LogP contribution is 2.30. The monoisotopic (exact) mass is 404 g/mol. The molecule has 1 aromatic carbocycles. The molecule has 0 radical (unpaired) electrons. The van der Waals surface area contributed by atoms with Gasteiger partial charge >= 0.3 is 0 Å². The molecule has 0 bridgehead atoms. The van der Waals surface area contributed by atoms with E-state index in [1.165, 1.54) is 4.52 Å². The predicted molar refractivity (Wildman–Crippen MR) is 112 cm³/mol. The van der Waals surface area contributed by atoms with Crippen molar-refractivity contribution in [3.05, 3.63) is 45.7 Å². The Hall–Kier alpha value is -3.40. The van der Waals surface area contributed by atoms with Crippen molar-refractivity contribution in [3.63, 3.8) is 0 Å². The summed E-state index contributed by atoms with van der Waals surface area (Å²) in [7, 11) is 3.86. The number of pyridine rings is 1. The Morgan fingerprint density at radius 1 is 1.00 bits per heavy atom. The second-order valence-corrected chi connectivity index (χ2v) is 7.56. The molecule has 1 saturated heterocycles. The van der Waals surface area contributed by atoms with Crippen LogP contribution < -0.4 is 10.4 Å². The lowest BCUT2D eigenvalue weighted by molar-refractivity contribution is 0.313. The Morgan fingerprint density at radius 3 is 2.21 bits per heavy atom. The summed E-state index contributed by atoms with van der Waals surface area (Å²) in [5, 5.41) is 31.0. The summed E-state index contributed by atoms with van der Waals surface area (Å²) < 4.78 is 3.41. The van der Waals surface area contributed by atoms with E-state index in [4.69, 9.17) is 17.6 Å². The van der Waals surface area contributed by atoms with Gasteiger partial charge in [-0.2, -0.15) is 10.5 Å². The van der Waals surface area contributed by atoms with Crippen LogP contribution in [-0.4, -0.2) is 52.3 Å². The molecule has 3 aromatic rings. The lowest BCUT2D eigenvalue weighted by atomic mass is 9.96. The number of rotatable bonds is 2. The maximum absolute atomic E-state index is 9.90. The number of fused-ring (bicyclic) bond motifs is 1. The summed E-state index contributed by atoms with van der Waals surface area (Å²) >= 11 is 5.26. The van der Waals surface area contributed by atoms with Gasteiger partial charge in [-0.1, -0.05) is 12.1 Å². The van der Waals surface area contributed by atoms with Crippen LogP contribution in [0.3, 0.4) is 0 Å². The fraction of sp³-hybridized carbons (Fsp3) is 0.300. The Morgan fingerprint density at radius 2 is 1.62 bits per heavy atom. The van der Waals surface area contributed by atoms with Crippen LogP contribution >= 0.6 is 12.2 Å². The second-order valence-electron chi connectivity index (χ2n) is 7.17. The highest BCUT2D eigenvalue weighted by molar-refractivity contribution is 7.71. The zero-order valence-electron chi connectivity index (χ0n) is 16.2. The minimum atomic E-state index is -0.0219. The smallest absolute Gasteiger partial charge is 0.193 e. The van der Waals surface area contributed by atoms with Gasteiger partial charge in [-0.3, -0.25) is 10.5 Å². The molecule has 9 heteroatoms. The molecule has 29 heavy (non-hydrogen) atoms. The molecule has 2 N–H and O–H groups in total. The van der Waals surface area contributed by atoms with E-state index >= 15 is 0 Å². The van der Waals surface area contributed by atoms with Crippen molar-refractivity contribution in [2.24, 2.45) is 7.05 Å². The molecule has 0 saturated carbocycles. The zero-order valence-corrected chi connectivity index (χ0v) is 17.0. The maximum Gasteiger partial charge on any atom is 0.193 e. The quantitative estimate of drug-likeness (QED) is 0.636. The minimum absolute atomic E-state index is 0.0219. The van der Waals surface area contributed by atoms with E-state index in [2.05, 4.69) is 34.1 Å². The third-order valence-electron chi connectivity index (χ3n) is 5.47. The predicted octanol–water partition coefficient (Wildman–Crippen LogP) is 1.98. The lowest BCUT2D eigenvalue weighted by Crippen LogP contribution is -2.44. The minimum Gasteiger partial charge on any atom is -0.369 e. The number of nitriles is 2. The van der Waals surface area contributed by atoms with Crippen molar-refractivity contribution in [2.75, 3.05) is 38.1 Å². The van der Waals surface area contributed by atoms with Crippen molar-refractivity contribution in [1.82, 2.24) is 19.1 Å². The Bertz CT molecular complexity index is 1290. The molecule has 1 aliphatic heterocycles. The average molecular weight is 405 g/mol. The van der Waals surface area contributed by atoms with E-state index in [1.54, 1.807) is 11.6 Å². The van der Waals surface area contributed by atoms with Gasteiger partial charge in [-0.05, 0) is 37.0 Å². The number of aryl methyl sites for hydroxylation is 1. The highest BCUT2D eigenvalue weighted by Gasteiger charge is 2.21. The van der Waals surface area contributed by atoms with Gasteiger partial charge in [0.1, 0.15) is 23.3 Å². The van der Waals surface area contributed by atoms with Crippen LogP contribution in [0, 0.1) is 32.8 Å². The number of aromatic nitrogens is 3. The Balaban J connectivity index is 1.89. The summed E-state index contributed by atoms with van der Waals surface area (Å²) in [4.78, 5) is 4.63. The summed E-state index contributed by atoms with van der Waals surface area (Å²) in [5.74, 6) is 0. The van der Waals surface area contributed by atoms with E-state index in [1.807, 2.05) is 24.3 Å². The molecular formula is C20H20N8S. The number of H-pyrrole nitrogens is 1. The first-order valence-electron chi connectivity index (χ1n) is 9.22. The molecule has 0 spiro atoms. The number of benzene rings is 1. The van der Waals surface area contributed by atoms with Gasteiger partial charge in [-0.15, -0.1) is 0 Å². The van der Waals surface area contributed by atoms with Crippen molar-refractivity contribution in [2.45, 2.75) is 0 Å². The Labute approximate surface area is 172 Å². The SMILES string of the molecule is CN1CCN(c2ccc(-c3c(C#N)c(=N)n4[nH]c(=S)n(C)c4c3C#N)cc2)CC1. The summed E-state index contributed by atoms with van der Waals surface area (Å²) in [5.41, 5.74) is 3.23. The van der Waals surface area contributed by atoms with Gasteiger partial charge < -0.3 is 14.4 Å². The standard InChI is InChI=1S/C20H20N8S/c1-25-7-9-27(10-8-25)14-5-3-13(4-6-14)17-15(11-21)18(23)28-19(16(17)12-22)26(2)20(29)24-28/h3-6,23H,7-10H2,1-2H3,(H,24,29). The van der Waals surface area contributed by atoms with Crippen LogP contribution in [0.25, 0.3) is 16.8 Å². The molecule has 0 amide bonds. The first kappa shape index (κ1) is 18.9. The van der Waals surface area contributed by atoms with Crippen LogP contribution in [0.4, 0.5) is 5.69 Å². The van der Waals surface area contributed by atoms with E-state index in [9.17, 15) is 10.5 Å².